The van der Waals surface area contributed by atoms with Crippen molar-refractivity contribution in [2.75, 3.05) is 13.1 Å². The van der Waals surface area contributed by atoms with E-state index in [2.05, 4.69) is 17.2 Å². The molecule has 1 aromatic heterocycles. The van der Waals surface area contributed by atoms with Crippen molar-refractivity contribution in [3.05, 3.63) is 30.1 Å². The molecule has 114 valence electrons. The van der Waals surface area contributed by atoms with Crippen LogP contribution in [0.3, 0.4) is 0 Å². The van der Waals surface area contributed by atoms with E-state index in [1.165, 1.54) is 0 Å². The third-order valence-electron chi connectivity index (χ3n) is 3.79. The molecule has 5 nitrogen and oxygen atoms in total. The van der Waals surface area contributed by atoms with Gasteiger partial charge in [0.05, 0.1) is 5.92 Å². The van der Waals surface area contributed by atoms with Crippen molar-refractivity contribution in [2.24, 2.45) is 5.92 Å². The van der Waals surface area contributed by atoms with Crippen molar-refractivity contribution in [1.82, 2.24) is 15.2 Å². The molecule has 1 unspecified atom stereocenters. The number of likely N-dealkylation sites (tertiary alicyclic amines) is 1. The number of amides is 2. The van der Waals surface area contributed by atoms with Crippen molar-refractivity contribution < 1.29 is 9.59 Å². The zero-order valence-electron chi connectivity index (χ0n) is 12.5. The maximum atomic E-state index is 12.1. The number of nitrogens with zero attached hydrogens (tertiary/aromatic N) is 2. The zero-order valence-corrected chi connectivity index (χ0v) is 12.5. The van der Waals surface area contributed by atoms with Crippen LogP contribution in [0.1, 0.15) is 38.2 Å². The lowest BCUT2D eigenvalue weighted by Gasteiger charge is -2.16. The van der Waals surface area contributed by atoms with Crippen LogP contribution in [0.15, 0.2) is 24.5 Å². The van der Waals surface area contributed by atoms with E-state index >= 15 is 0 Å². The molecule has 2 heterocycles. The average molecular weight is 289 g/mol. The fourth-order valence-corrected chi connectivity index (χ4v) is 2.54. The van der Waals surface area contributed by atoms with Crippen LogP contribution < -0.4 is 5.32 Å². The zero-order chi connectivity index (χ0) is 15.1. The normalized spacial score (nSPS) is 18.0. The molecule has 1 atom stereocenters. The van der Waals surface area contributed by atoms with Gasteiger partial charge in [-0.1, -0.05) is 19.8 Å². The lowest BCUT2D eigenvalue weighted by atomic mass is 10.1. The first-order valence-corrected chi connectivity index (χ1v) is 7.65. The van der Waals surface area contributed by atoms with Crippen molar-refractivity contribution in [2.45, 2.75) is 39.2 Å². The molecule has 1 aliphatic heterocycles. The Morgan fingerprint density at radius 1 is 1.38 bits per heavy atom. The third-order valence-corrected chi connectivity index (χ3v) is 3.79. The molecule has 5 heteroatoms. The largest absolute Gasteiger partial charge is 0.356 e. The molecular formula is C16H23N3O2. The summed E-state index contributed by atoms with van der Waals surface area (Å²) in [4.78, 5) is 29.8. The van der Waals surface area contributed by atoms with E-state index in [9.17, 15) is 9.59 Å². The molecule has 21 heavy (non-hydrogen) atoms. The summed E-state index contributed by atoms with van der Waals surface area (Å²) in [6, 6.07) is 3.79. The Hall–Kier alpha value is -1.91. The molecule has 0 aromatic carbocycles. The van der Waals surface area contributed by atoms with Crippen LogP contribution in [0.4, 0.5) is 0 Å². The van der Waals surface area contributed by atoms with E-state index < -0.39 is 0 Å². The molecule has 0 radical (unpaired) electrons. The van der Waals surface area contributed by atoms with E-state index in [1.807, 2.05) is 12.1 Å². The van der Waals surface area contributed by atoms with Crippen LogP contribution in [0.25, 0.3) is 0 Å². The van der Waals surface area contributed by atoms with Gasteiger partial charge in [-0.25, -0.2) is 0 Å². The number of hydrogen-bond donors (Lipinski definition) is 1. The number of aromatic nitrogens is 1. The van der Waals surface area contributed by atoms with Crippen LogP contribution >= 0.6 is 0 Å². The third kappa shape index (κ3) is 4.55. The Morgan fingerprint density at radius 2 is 2.14 bits per heavy atom. The van der Waals surface area contributed by atoms with Gasteiger partial charge in [0, 0.05) is 38.4 Å². The van der Waals surface area contributed by atoms with Gasteiger partial charge in [0.15, 0.2) is 0 Å². The number of carbonyl (C=O) groups excluding carboxylic acids is 2. The summed E-state index contributed by atoms with van der Waals surface area (Å²) in [5.74, 6) is -0.141. The van der Waals surface area contributed by atoms with E-state index in [0.717, 1.165) is 24.8 Å². The summed E-state index contributed by atoms with van der Waals surface area (Å²) in [5.41, 5.74) is 1.04. The van der Waals surface area contributed by atoms with Gasteiger partial charge in [-0.3, -0.25) is 14.6 Å². The average Bonchev–Trinajstić information content (AvgIpc) is 2.86. The topological polar surface area (TPSA) is 62.3 Å². The first-order chi connectivity index (χ1) is 10.2. The summed E-state index contributed by atoms with van der Waals surface area (Å²) in [6.07, 6.45) is 7.02. The van der Waals surface area contributed by atoms with Crippen molar-refractivity contribution in [3.8, 4) is 0 Å². The number of unbranched alkanes of at least 4 members (excludes halogenated alkanes) is 2. The first kappa shape index (κ1) is 15.5. The SMILES string of the molecule is CCCCCNC(=O)C1CC(=O)N(Cc2ccncc2)C1. The molecule has 0 aliphatic carbocycles. The summed E-state index contributed by atoms with van der Waals surface area (Å²) in [6.45, 7) is 3.91. The lowest BCUT2D eigenvalue weighted by molar-refractivity contribution is -0.129. The summed E-state index contributed by atoms with van der Waals surface area (Å²) in [7, 11) is 0. The first-order valence-electron chi connectivity index (χ1n) is 7.65. The quantitative estimate of drug-likeness (QED) is 0.778. The molecule has 1 aromatic rings. The molecule has 1 N–H and O–H groups in total. The fourth-order valence-electron chi connectivity index (χ4n) is 2.54. The Balaban J connectivity index is 1.80. The minimum atomic E-state index is -0.207. The van der Waals surface area contributed by atoms with E-state index in [0.29, 0.717) is 26.1 Å². The molecule has 1 saturated heterocycles. The molecule has 1 fully saturated rings. The van der Waals surface area contributed by atoms with E-state index in [1.54, 1.807) is 17.3 Å². The lowest BCUT2D eigenvalue weighted by Crippen LogP contribution is -2.33. The summed E-state index contributed by atoms with van der Waals surface area (Å²) in [5, 5.41) is 2.94. The van der Waals surface area contributed by atoms with Crippen LogP contribution in [0.5, 0.6) is 0 Å². The molecule has 2 rings (SSSR count). The van der Waals surface area contributed by atoms with Gasteiger partial charge in [-0.2, -0.15) is 0 Å². The van der Waals surface area contributed by atoms with Crippen LogP contribution in [-0.2, 0) is 16.1 Å². The van der Waals surface area contributed by atoms with Crippen molar-refractivity contribution >= 4 is 11.8 Å². The predicted molar refractivity (Wildman–Crippen MR) is 80.3 cm³/mol. The maximum absolute atomic E-state index is 12.1. The minimum absolute atomic E-state index is 0.0108. The van der Waals surface area contributed by atoms with Crippen molar-refractivity contribution in [3.63, 3.8) is 0 Å². The highest BCUT2D eigenvalue weighted by molar-refractivity contribution is 5.89. The molecule has 0 bridgehead atoms. The van der Waals surface area contributed by atoms with Gasteiger partial charge in [-0.15, -0.1) is 0 Å². The number of rotatable bonds is 7. The second kappa shape index (κ2) is 7.76. The summed E-state index contributed by atoms with van der Waals surface area (Å²) < 4.78 is 0. The summed E-state index contributed by atoms with van der Waals surface area (Å²) >= 11 is 0. The van der Waals surface area contributed by atoms with Gasteiger partial charge in [0.25, 0.3) is 0 Å². The molecule has 1 aliphatic rings. The van der Waals surface area contributed by atoms with Gasteiger partial charge in [0.2, 0.25) is 11.8 Å². The second-order valence-corrected chi connectivity index (χ2v) is 5.53. The molecular weight excluding hydrogens is 266 g/mol. The number of carbonyl (C=O) groups is 2. The minimum Gasteiger partial charge on any atom is -0.356 e. The van der Waals surface area contributed by atoms with Crippen LogP contribution in [0, 0.1) is 5.92 Å². The second-order valence-electron chi connectivity index (χ2n) is 5.53. The Kier molecular flexibility index (Phi) is 5.72. The standard InChI is InChI=1S/C16H23N3O2/c1-2-3-4-7-18-16(21)14-10-15(20)19(12-14)11-13-5-8-17-9-6-13/h5-6,8-9,14H,2-4,7,10-12H2,1H3,(H,18,21). The van der Waals surface area contributed by atoms with Gasteiger partial charge in [0.1, 0.15) is 0 Å². The van der Waals surface area contributed by atoms with E-state index in [4.69, 9.17) is 0 Å². The predicted octanol–water partition coefficient (Wildman–Crippen LogP) is 1.74. The Morgan fingerprint density at radius 3 is 2.86 bits per heavy atom. The van der Waals surface area contributed by atoms with Gasteiger partial charge < -0.3 is 10.2 Å². The Labute approximate surface area is 125 Å². The fraction of sp³-hybridized carbons (Fsp3) is 0.562. The molecule has 0 spiro atoms. The molecule has 0 saturated carbocycles. The molecule has 2 amide bonds. The monoisotopic (exact) mass is 289 g/mol. The van der Waals surface area contributed by atoms with E-state index in [-0.39, 0.29) is 17.7 Å². The highest BCUT2D eigenvalue weighted by Crippen LogP contribution is 2.20. The van der Waals surface area contributed by atoms with Crippen LogP contribution in [-0.4, -0.2) is 34.8 Å². The highest BCUT2D eigenvalue weighted by atomic mass is 16.2. The highest BCUT2D eigenvalue weighted by Gasteiger charge is 2.33. The number of nitrogens with one attached hydrogen (secondary N) is 1. The van der Waals surface area contributed by atoms with Gasteiger partial charge >= 0.3 is 0 Å². The Bertz CT molecular complexity index is 476. The maximum Gasteiger partial charge on any atom is 0.225 e. The van der Waals surface area contributed by atoms with Gasteiger partial charge in [-0.05, 0) is 24.1 Å². The van der Waals surface area contributed by atoms with Crippen LogP contribution in [0.2, 0.25) is 0 Å². The number of hydrogen-bond acceptors (Lipinski definition) is 3. The van der Waals surface area contributed by atoms with Crippen molar-refractivity contribution in [1.29, 1.82) is 0 Å². The number of pyridine rings is 1. The smallest absolute Gasteiger partial charge is 0.225 e.